The average Bonchev–Trinajstić information content (AvgIpc) is 2.67. The summed E-state index contributed by atoms with van der Waals surface area (Å²) in [5.41, 5.74) is 4.47. The predicted octanol–water partition coefficient (Wildman–Crippen LogP) is 1.69. The summed E-state index contributed by atoms with van der Waals surface area (Å²) in [6.07, 6.45) is 4.38. The van der Waals surface area contributed by atoms with Crippen LogP contribution in [0.1, 0.15) is 12.8 Å². The van der Waals surface area contributed by atoms with Crippen LogP contribution in [0.25, 0.3) is 0 Å². The molecule has 0 bridgehead atoms. The van der Waals surface area contributed by atoms with E-state index in [0.717, 1.165) is 5.69 Å². The van der Waals surface area contributed by atoms with Gasteiger partial charge >= 0.3 is 5.97 Å². The summed E-state index contributed by atoms with van der Waals surface area (Å²) in [4.78, 5) is 30.4. The monoisotopic (exact) mass is 355 g/mol. The normalized spacial score (nSPS) is 17.3. The number of primary amides is 1. The Labute approximate surface area is 151 Å². The molecule has 3 N–H and O–H groups in total. The average molecular weight is 355 g/mol. The molecule has 1 saturated heterocycles. The highest BCUT2D eigenvalue weighted by Crippen LogP contribution is 2.34. The zero-order chi connectivity index (χ0) is 18.6. The van der Waals surface area contributed by atoms with Gasteiger partial charge in [-0.25, -0.2) is 4.79 Å². The molecule has 7 nitrogen and oxygen atoms in total. The van der Waals surface area contributed by atoms with Crippen molar-refractivity contribution in [3.05, 3.63) is 54.9 Å². The largest absolute Gasteiger partial charge is 0.478 e. The second-order valence-corrected chi connectivity index (χ2v) is 6.29. The van der Waals surface area contributed by atoms with Crippen LogP contribution in [-0.2, 0) is 9.59 Å². The number of carbonyl (C=O) groups is 2. The van der Waals surface area contributed by atoms with Gasteiger partial charge in [0.15, 0.2) is 0 Å². The van der Waals surface area contributed by atoms with Gasteiger partial charge < -0.3 is 20.5 Å². The Morgan fingerprint density at radius 1 is 1.12 bits per heavy atom. The van der Waals surface area contributed by atoms with Gasteiger partial charge in [0.25, 0.3) is 11.5 Å². The van der Waals surface area contributed by atoms with Gasteiger partial charge in [0, 0.05) is 37.1 Å². The van der Waals surface area contributed by atoms with Crippen molar-refractivity contribution in [3.63, 3.8) is 0 Å². The topological polar surface area (TPSA) is 106 Å². The van der Waals surface area contributed by atoms with Crippen molar-refractivity contribution >= 4 is 17.6 Å². The third kappa shape index (κ3) is 3.33. The number of piperidine rings is 1. The number of para-hydroxylation sites is 1. The van der Waals surface area contributed by atoms with E-state index in [2.05, 4.69) is 9.88 Å². The molecule has 1 aromatic heterocycles. The molecular formula is C19H21N3O4. The molecule has 7 heteroatoms. The number of carboxylic acid groups (broad SMARTS) is 1. The first-order valence-corrected chi connectivity index (χ1v) is 8.46. The molecule has 0 radical (unpaired) electrons. The van der Waals surface area contributed by atoms with Gasteiger partial charge in [0.05, 0.1) is 0 Å². The number of carbonyl (C=O) groups excluding carboxylic acids is 1. The number of carboxylic acids is 1. The zero-order valence-electron chi connectivity index (χ0n) is 14.2. The van der Waals surface area contributed by atoms with E-state index in [0.29, 0.717) is 31.7 Å². The van der Waals surface area contributed by atoms with E-state index in [1.54, 1.807) is 42.7 Å². The third-order valence-corrected chi connectivity index (χ3v) is 4.80. The van der Waals surface area contributed by atoms with Crippen LogP contribution in [0, 0.1) is 5.92 Å². The number of aromatic nitrogens is 1. The molecule has 3 rings (SSSR count). The molecule has 26 heavy (non-hydrogen) atoms. The molecular weight excluding hydrogens is 334 g/mol. The molecule has 1 aromatic carbocycles. The summed E-state index contributed by atoms with van der Waals surface area (Å²) < 4.78 is 5.70. The summed E-state index contributed by atoms with van der Waals surface area (Å²) in [7, 11) is 0. The molecule has 1 atom stereocenters. The molecule has 1 fully saturated rings. The molecule has 2 heterocycles. The number of rotatable bonds is 6. The lowest BCUT2D eigenvalue weighted by Gasteiger charge is -2.40. The highest BCUT2D eigenvalue weighted by atomic mass is 16.5. The Bertz CT molecular complexity index is 745. The van der Waals surface area contributed by atoms with E-state index in [1.807, 2.05) is 12.1 Å². The lowest BCUT2D eigenvalue weighted by Crippen LogP contribution is -2.62. The smallest absolute Gasteiger partial charge is 0.358 e. The lowest BCUT2D eigenvalue weighted by molar-refractivity contribution is -0.168. The Morgan fingerprint density at radius 2 is 1.73 bits per heavy atom. The Kier molecular flexibility index (Phi) is 5.06. The van der Waals surface area contributed by atoms with Crippen LogP contribution in [0.2, 0.25) is 0 Å². The minimum Gasteiger partial charge on any atom is -0.478 e. The maximum atomic E-state index is 12.2. The molecule has 0 spiro atoms. The predicted molar refractivity (Wildman–Crippen MR) is 95.8 cm³/mol. The van der Waals surface area contributed by atoms with Crippen LogP contribution in [0.3, 0.4) is 0 Å². The van der Waals surface area contributed by atoms with Crippen molar-refractivity contribution < 1.29 is 19.4 Å². The maximum absolute atomic E-state index is 12.2. The number of ether oxygens (including phenoxy) is 1. The minimum absolute atomic E-state index is 0.310. The van der Waals surface area contributed by atoms with E-state index >= 15 is 0 Å². The van der Waals surface area contributed by atoms with Crippen molar-refractivity contribution in [1.29, 1.82) is 0 Å². The standard InChI is InChI=1S/C19H21N3O4/c20-17(23)19(18(24)25,26-16-4-2-1-3-5-16)14-8-12-22(13-9-14)15-6-10-21-11-7-15/h1-7,10-11,14H,8-9,12-13H2,(H2,20,23)(H,24,25). The van der Waals surface area contributed by atoms with Crippen LogP contribution in [-0.4, -0.2) is 40.7 Å². The van der Waals surface area contributed by atoms with Crippen molar-refractivity contribution in [1.82, 2.24) is 4.98 Å². The van der Waals surface area contributed by atoms with Gasteiger partial charge in [-0.15, -0.1) is 0 Å². The molecule has 0 aliphatic carbocycles. The highest BCUT2D eigenvalue weighted by molar-refractivity contribution is 6.05. The van der Waals surface area contributed by atoms with Gasteiger partial charge in [-0.1, -0.05) is 18.2 Å². The van der Waals surface area contributed by atoms with Crippen molar-refractivity contribution in [3.8, 4) is 5.75 Å². The van der Waals surface area contributed by atoms with Crippen LogP contribution in [0.5, 0.6) is 5.75 Å². The number of nitrogens with zero attached hydrogens (tertiary/aromatic N) is 2. The zero-order valence-corrected chi connectivity index (χ0v) is 14.2. The lowest BCUT2D eigenvalue weighted by atomic mass is 9.79. The van der Waals surface area contributed by atoms with E-state index in [4.69, 9.17) is 10.5 Å². The number of pyridine rings is 1. The second kappa shape index (κ2) is 7.43. The van der Waals surface area contributed by atoms with E-state index in [9.17, 15) is 14.7 Å². The quantitative estimate of drug-likeness (QED) is 0.764. The maximum Gasteiger partial charge on any atom is 0.358 e. The van der Waals surface area contributed by atoms with Gasteiger partial charge in [-0.2, -0.15) is 0 Å². The van der Waals surface area contributed by atoms with E-state index < -0.39 is 23.4 Å². The first-order valence-electron chi connectivity index (χ1n) is 8.46. The number of nitrogens with two attached hydrogens (primary N) is 1. The molecule has 1 aliphatic heterocycles. The van der Waals surface area contributed by atoms with Crippen molar-refractivity contribution in [2.75, 3.05) is 18.0 Å². The van der Waals surface area contributed by atoms with Crippen molar-refractivity contribution in [2.24, 2.45) is 11.7 Å². The van der Waals surface area contributed by atoms with Gasteiger partial charge in [-0.3, -0.25) is 9.78 Å². The number of aliphatic carboxylic acids is 1. The summed E-state index contributed by atoms with van der Waals surface area (Å²) in [5.74, 6) is -2.53. The van der Waals surface area contributed by atoms with E-state index in [-0.39, 0.29) is 0 Å². The Balaban J connectivity index is 1.82. The molecule has 1 aliphatic rings. The molecule has 1 unspecified atom stereocenters. The van der Waals surface area contributed by atoms with Crippen LogP contribution >= 0.6 is 0 Å². The fourth-order valence-corrected chi connectivity index (χ4v) is 3.43. The third-order valence-electron chi connectivity index (χ3n) is 4.80. The van der Waals surface area contributed by atoms with Crippen LogP contribution in [0.4, 0.5) is 5.69 Å². The fraction of sp³-hybridized carbons (Fsp3) is 0.316. The van der Waals surface area contributed by atoms with E-state index in [1.165, 1.54) is 0 Å². The van der Waals surface area contributed by atoms with Gasteiger partial charge in [0.2, 0.25) is 0 Å². The highest BCUT2D eigenvalue weighted by Gasteiger charge is 2.54. The molecule has 136 valence electrons. The molecule has 0 saturated carbocycles. The Hall–Kier alpha value is -3.09. The summed E-state index contributed by atoms with van der Waals surface area (Å²) in [6.45, 7) is 1.21. The number of anilines is 1. The fourth-order valence-electron chi connectivity index (χ4n) is 3.43. The van der Waals surface area contributed by atoms with Crippen molar-refractivity contribution in [2.45, 2.75) is 18.4 Å². The van der Waals surface area contributed by atoms with Gasteiger partial charge in [-0.05, 0) is 37.1 Å². The number of amides is 1. The molecule has 1 amide bonds. The Morgan fingerprint density at radius 3 is 2.27 bits per heavy atom. The summed E-state index contributed by atoms with van der Waals surface area (Å²) in [5, 5.41) is 9.84. The summed E-state index contributed by atoms with van der Waals surface area (Å²) >= 11 is 0. The molecule has 2 aromatic rings. The number of hydrogen-bond acceptors (Lipinski definition) is 5. The van der Waals surface area contributed by atoms with Crippen LogP contribution in [0.15, 0.2) is 54.9 Å². The number of benzene rings is 1. The first-order chi connectivity index (χ1) is 12.5. The number of hydrogen-bond donors (Lipinski definition) is 2. The summed E-state index contributed by atoms with van der Waals surface area (Å²) in [6, 6.07) is 12.3. The van der Waals surface area contributed by atoms with Crippen LogP contribution < -0.4 is 15.4 Å². The van der Waals surface area contributed by atoms with Gasteiger partial charge in [0.1, 0.15) is 5.75 Å². The minimum atomic E-state index is -2.08. The first kappa shape index (κ1) is 17.7. The SMILES string of the molecule is NC(=O)C(Oc1ccccc1)(C(=O)O)C1CCN(c2ccncc2)CC1. The second-order valence-electron chi connectivity index (χ2n) is 6.29.